The zero-order valence-electron chi connectivity index (χ0n) is 12.6. The molecule has 0 spiro atoms. The largest absolute Gasteiger partial charge is 0.383 e. The summed E-state index contributed by atoms with van der Waals surface area (Å²) in [6, 6.07) is 2.28. The highest BCUT2D eigenvalue weighted by Crippen LogP contribution is 2.11. The number of rotatable bonds is 7. The van der Waals surface area contributed by atoms with Crippen molar-refractivity contribution in [1.29, 1.82) is 0 Å². The van der Waals surface area contributed by atoms with Crippen molar-refractivity contribution in [2.45, 2.75) is 32.9 Å². The van der Waals surface area contributed by atoms with E-state index in [1.165, 1.54) is 5.69 Å². The van der Waals surface area contributed by atoms with E-state index in [4.69, 9.17) is 4.74 Å². The summed E-state index contributed by atoms with van der Waals surface area (Å²) in [4.78, 5) is 4.53. The van der Waals surface area contributed by atoms with Gasteiger partial charge in [0.25, 0.3) is 0 Å². The van der Waals surface area contributed by atoms with Gasteiger partial charge in [-0.05, 0) is 19.9 Å². The van der Waals surface area contributed by atoms with Crippen molar-refractivity contribution in [1.82, 2.24) is 19.3 Å². The third-order valence-electron chi connectivity index (χ3n) is 3.22. The molecule has 0 aromatic carbocycles. The van der Waals surface area contributed by atoms with Crippen LogP contribution in [0, 0.1) is 6.92 Å². The molecule has 0 saturated carbocycles. The van der Waals surface area contributed by atoms with Gasteiger partial charge in [0.05, 0.1) is 12.3 Å². The Morgan fingerprint density at radius 2 is 2.25 bits per heavy atom. The Balaban J connectivity index is 2.02. The van der Waals surface area contributed by atoms with Crippen LogP contribution in [0.1, 0.15) is 18.3 Å². The molecule has 0 bridgehead atoms. The minimum absolute atomic E-state index is 0.234. The molecule has 2 aromatic heterocycles. The van der Waals surface area contributed by atoms with E-state index in [0.717, 1.165) is 24.6 Å². The Kier molecular flexibility index (Phi) is 4.79. The first-order chi connectivity index (χ1) is 9.60. The second kappa shape index (κ2) is 6.56. The molecular formula is C14H23N5O. The Morgan fingerprint density at radius 3 is 2.90 bits per heavy atom. The molecule has 0 amide bonds. The first-order valence-corrected chi connectivity index (χ1v) is 6.86. The standard InChI is InChI=1S/C14H23N5O/c1-11-9-19(8-6-13-5-7-15-18(13)3)14(16-11)17-12(2)10-20-4/h5,7,9,12H,6,8,10H2,1-4H3,(H,16,17). The highest BCUT2D eigenvalue weighted by molar-refractivity contribution is 5.30. The van der Waals surface area contributed by atoms with Crippen LogP contribution in [-0.4, -0.2) is 39.1 Å². The van der Waals surface area contributed by atoms with Crippen LogP contribution < -0.4 is 5.32 Å². The number of nitrogens with one attached hydrogen (secondary N) is 1. The van der Waals surface area contributed by atoms with Crippen LogP contribution >= 0.6 is 0 Å². The van der Waals surface area contributed by atoms with Crippen molar-refractivity contribution in [3.8, 4) is 0 Å². The lowest BCUT2D eigenvalue weighted by molar-refractivity contribution is 0.190. The molecule has 1 unspecified atom stereocenters. The number of imidazole rings is 1. The topological polar surface area (TPSA) is 56.9 Å². The van der Waals surface area contributed by atoms with E-state index in [-0.39, 0.29) is 6.04 Å². The number of methoxy groups -OCH3 is 1. The summed E-state index contributed by atoms with van der Waals surface area (Å²) in [5.41, 5.74) is 2.23. The molecule has 6 heteroatoms. The van der Waals surface area contributed by atoms with E-state index in [1.807, 2.05) is 30.9 Å². The number of aromatic nitrogens is 4. The van der Waals surface area contributed by atoms with E-state index >= 15 is 0 Å². The Morgan fingerprint density at radius 1 is 1.45 bits per heavy atom. The zero-order chi connectivity index (χ0) is 14.5. The highest BCUT2D eigenvalue weighted by Gasteiger charge is 2.09. The molecule has 1 N–H and O–H groups in total. The molecule has 0 radical (unpaired) electrons. The van der Waals surface area contributed by atoms with Crippen molar-refractivity contribution in [3.05, 3.63) is 29.8 Å². The summed E-state index contributed by atoms with van der Waals surface area (Å²) in [5, 5.41) is 7.57. The van der Waals surface area contributed by atoms with Crippen molar-refractivity contribution in [2.24, 2.45) is 7.05 Å². The first kappa shape index (κ1) is 14.6. The summed E-state index contributed by atoms with van der Waals surface area (Å²) in [6.45, 7) is 5.63. The fourth-order valence-corrected chi connectivity index (χ4v) is 2.23. The van der Waals surface area contributed by atoms with Crippen LogP contribution in [-0.2, 0) is 24.8 Å². The zero-order valence-corrected chi connectivity index (χ0v) is 12.6. The van der Waals surface area contributed by atoms with Crippen molar-refractivity contribution in [3.63, 3.8) is 0 Å². The van der Waals surface area contributed by atoms with Crippen molar-refractivity contribution < 1.29 is 4.74 Å². The van der Waals surface area contributed by atoms with E-state index in [9.17, 15) is 0 Å². The van der Waals surface area contributed by atoms with Gasteiger partial charge in [0.1, 0.15) is 0 Å². The van der Waals surface area contributed by atoms with E-state index in [2.05, 4.69) is 33.1 Å². The molecule has 2 rings (SSSR count). The fourth-order valence-electron chi connectivity index (χ4n) is 2.23. The molecule has 2 aromatic rings. The van der Waals surface area contributed by atoms with Crippen molar-refractivity contribution in [2.75, 3.05) is 19.0 Å². The quantitative estimate of drug-likeness (QED) is 0.835. The van der Waals surface area contributed by atoms with E-state index in [1.54, 1.807) is 7.11 Å². The van der Waals surface area contributed by atoms with Gasteiger partial charge in [-0.25, -0.2) is 4.98 Å². The minimum Gasteiger partial charge on any atom is -0.383 e. The summed E-state index contributed by atoms with van der Waals surface area (Å²) in [7, 11) is 3.67. The predicted molar refractivity (Wildman–Crippen MR) is 78.8 cm³/mol. The van der Waals surface area contributed by atoms with Crippen LogP contribution in [0.2, 0.25) is 0 Å². The summed E-state index contributed by atoms with van der Waals surface area (Å²) >= 11 is 0. The maximum Gasteiger partial charge on any atom is 0.203 e. The van der Waals surface area contributed by atoms with E-state index < -0.39 is 0 Å². The van der Waals surface area contributed by atoms with Gasteiger partial charge in [0.15, 0.2) is 0 Å². The Labute approximate surface area is 119 Å². The molecule has 110 valence electrons. The predicted octanol–water partition coefficient (Wildman–Crippen LogP) is 1.61. The molecule has 20 heavy (non-hydrogen) atoms. The average molecular weight is 277 g/mol. The number of ether oxygens (including phenoxy) is 1. The van der Waals surface area contributed by atoms with Gasteiger partial charge in [-0.3, -0.25) is 4.68 Å². The molecule has 6 nitrogen and oxygen atoms in total. The second-order valence-electron chi connectivity index (χ2n) is 5.10. The van der Waals surface area contributed by atoms with Crippen LogP contribution in [0.4, 0.5) is 5.95 Å². The van der Waals surface area contributed by atoms with Crippen LogP contribution in [0.25, 0.3) is 0 Å². The first-order valence-electron chi connectivity index (χ1n) is 6.86. The van der Waals surface area contributed by atoms with Crippen LogP contribution in [0.5, 0.6) is 0 Å². The molecule has 0 saturated heterocycles. The number of hydrogen-bond acceptors (Lipinski definition) is 4. The highest BCUT2D eigenvalue weighted by atomic mass is 16.5. The smallest absolute Gasteiger partial charge is 0.203 e. The second-order valence-corrected chi connectivity index (χ2v) is 5.10. The fraction of sp³-hybridized carbons (Fsp3) is 0.571. The SMILES string of the molecule is COCC(C)Nc1nc(C)cn1CCc1ccnn1C. The summed E-state index contributed by atoms with van der Waals surface area (Å²) in [5.74, 6) is 0.897. The van der Waals surface area contributed by atoms with E-state index in [0.29, 0.717) is 6.61 Å². The van der Waals surface area contributed by atoms with Gasteiger partial charge in [0, 0.05) is 51.3 Å². The molecule has 2 heterocycles. The maximum absolute atomic E-state index is 5.15. The van der Waals surface area contributed by atoms with Gasteiger partial charge >= 0.3 is 0 Å². The number of nitrogens with zero attached hydrogens (tertiary/aromatic N) is 4. The van der Waals surface area contributed by atoms with Gasteiger partial charge in [-0.15, -0.1) is 0 Å². The lowest BCUT2D eigenvalue weighted by Gasteiger charge is -2.15. The number of aryl methyl sites for hydroxylation is 4. The van der Waals surface area contributed by atoms with Gasteiger partial charge in [-0.2, -0.15) is 5.10 Å². The monoisotopic (exact) mass is 277 g/mol. The molecule has 0 aliphatic carbocycles. The van der Waals surface area contributed by atoms with Crippen LogP contribution in [0.3, 0.4) is 0 Å². The molecule has 0 fully saturated rings. The Hall–Kier alpha value is -1.82. The molecular weight excluding hydrogens is 254 g/mol. The lowest BCUT2D eigenvalue weighted by Crippen LogP contribution is -2.23. The van der Waals surface area contributed by atoms with Crippen LogP contribution in [0.15, 0.2) is 18.5 Å². The summed E-state index contributed by atoms with van der Waals surface area (Å²) in [6.07, 6.45) is 4.83. The lowest BCUT2D eigenvalue weighted by atomic mass is 10.3. The number of anilines is 1. The normalized spacial score (nSPS) is 12.6. The average Bonchev–Trinajstić information content (AvgIpc) is 2.93. The van der Waals surface area contributed by atoms with Gasteiger partial charge in [0.2, 0.25) is 5.95 Å². The third-order valence-corrected chi connectivity index (χ3v) is 3.22. The number of hydrogen-bond donors (Lipinski definition) is 1. The maximum atomic E-state index is 5.15. The Bertz CT molecular complexity index is 546. The van der Waals surface area contributed by atoms with Gasteiger partial charge in [-0.1, -0.05) is 0 Å². The third kappa shape index (κ3) is 3.60. The van der Waals surface area contributed by atoms with Gasteiger partial charge < -0.3 is 14.6 Å². The molecule has 0 aliphatic rings. The van der Waals surface area contributed by atoms with Crippen molar-refractivity contribution >= 4 is 5.95 Å². The minimum atomic E-state index is 0.234. The molecule has 1 atom stereocenters. The summed E-state index contributed by atoms with van der Waals surface area (Å²) < 4.78 is 9.20. The molecule has 0 aliphatic heterocycles.